The van der Waals surface area contributed by atoms with Crippen molar-refractivity contribution in [2.24, 2.45) is 0 Å². The van der Waals surface area contributed by atoms with Crippen molar-refractivity contribution in [2.45, 2.75) is 18.9 Å². The summed E-state index contributed by atoms with van der Waals surface area (Å²) in [5.74, 6) is -0.426. The lowest BCUT2D eigenvalue weighted by Crippen LogP contribution is -2.46. The van der Waals surface area contributed by atoms with Crippen molar-refractivity contribution in [3.05, 3.63) is 58.5 Å². The van der Waals surface area contributed by atoms with Gasteiger partial charge in [-0.25, -0.2) is 0 Å². The molecule has 0 aliphatic carbocycles. The highest BCUT2D eigenvalue weighted by Gasteiger charge is 2.36. The summed E-state index contributed by atoms with van der Waals surface area (Å²) in [4.78, 5) is 40.3. The van der Waals surface area contributed by atoms with Gasteiger partial charge in [0.1, 0.15) is 11.7 Å². The maximum absolute atomic E-state index is 12.9. The zero-order valence-electron chi connectivity index (χ0n) is 14.3. The van der Waals surface area contributed by atoms with Crippen molar-refractivity contribution in [3.8, 4) is 5.69 Å². The van der Waals surface area contributed by atoms with Gasteiger partial charge in [0.2, 0.25) is 5.91 Å². The third-order valence-corrected chi connectivity index (χ3v) is 4.26. The Morgan fingerprint density at radius 3 is 2.52 bits per heavy atom. The summed E-state index contributed by atoms with van der Waals surface area (Å²) in [5, 5.41) is 4.21. The van der Waals surface area contributed by atoms with Crippen molar-refractivity contribution in [1.82, 2.24) is 19.6 Å². The maximum Gasteiger partial charge on any atom is 0.274 e. The largest absolute Gasteiger partial charge is 0.347 e. The van der Waals surface area contributed by atoms with Crippen LogP contribution in [0.2, 0.25) is 0 Å². The normalized spacial score (nSPS) is 16.7. The number of hydrogen-bond donors (Lipinski definition) is 0. The number of carbonyl (C=O) groups is 2. The van der Waals surface area contributed by atoms with Gasteiger partial charge < -0.3 is 9.80 Å². The standard InChI is InChI=1S/C18H20N4O3/c1-20(2)18(25)15-9-6-12-21(15)17(24)14-10-11-16(23)22(19-14)13-7-4-3-5-8-13/h3-5,7-8,10-11,15H,6,9,12H2,1-2H3. The van der Waals surface area contributed by atoms with E-state index in [2.05, 4.69) is 5.10 Å². The Morgan fingerprint density at radius 1 is 1.12 bits per heavy atom. The number of amides is 2. The molecule has 2 amide bonds. The molecule has 1 aliphatic heterocycles. The van der Waals surface area contributed by atoms with E-state index in [0.717, 1.165) is 6.42 Å². The molecule has 7 heteroatoms. The van der Waals surface area contributed by atoms with Crippen LogP contribution >= 0.6 is 0 Å². The molecule has 3 rings (SSSR count). The van der Waals surface area contributed by atoms with Crippen molar-refractivity contribution in [1.29, 1.82) is 0 Å². The monoisotopic (exact) mass is 340 g/mol. The van der Waals surface area contributed by atoms with Crippen LogP contribution in [-0.4, -0.2) is 58.1 Å². The quantitative estimate of drug-likeness (QED) is 0.833. The van der Waals surface area contributed by atoms with E-state index in [1.54, 1.807) is 43.3 Å². The summed E-state index contributed by atoms with van der Waals surface area (Å²) in [6, 6.07) is 11.2. The van der Waals surface area contributed by atoms with Gasteiger partial charge in [0.25, 0.3) is 11.5 Å². The molecule has 0 bridgehead atoms. The predicted octanol–water partition coefficient (Wildman–Crippen LogP) is 0.925. The van der Waals surface area contributed by atoms with Crippen LogP contribution in [0.5, 0.6) is 0 Å². The molecular formula is C18H20N4O3. The van der Waals surface area contributed by atoms with E-state index in [9.17, 15) is 14.4 Å². The highest BCUT2D eigenvalue weighted by atomic mass is 16.2. The first-order valence-electron chi connectivity index (χ1n) is 8.17. The molecule has 1 aromatic heterocycles. The molecule has 0 saturated carbocycles. The van der Waals surface area contributed by atoms with Crippen LogP contribution in [0.1, 0.15) is 23.3 Å². The summed E-state index contributed by atoms with van der Waals surface area (Å²) < 4.78 is 1.20. The van der Waals surface area contributed by atoms with Gasteiger partial charge in [0, 0.05) is 26.7 Å². The van der Waals surface area contributed by atoms with Gasteiger partial charge in [-0.3, -0.25) is 14.4 Å². The second kappa shape index (κ2) is 6.88. The molecule has 1 unspecified atom stereocenters. The average Bonchev–Trinajstić information content (AvgIpc) is 3.11. The van der Waals surface area contributed by atoms with Gasteiger partial charge in [0.15, 0.2) is 0 Å². The molecule has 0 spiro atoms. The van der Waals surface area contributed by atoms with E-state index in [1.165, 1.54) is 21.7 Å². The first kappa shape index (κ1) is 16.9. The van der Waals surface area contributed by atoms with Crippen LogP contribution in [0.4, 0.5) is 0 Å². The number of benzene rings is 1. The van der Waals surface area contributed by atoms with Gasteiger partial charge in [-0.1, -0.05) is 18.2 Å². The van der Waals surface area contributed by atoms with Gasteiger partial charge in [-0.2, -0.15) is 9.78 Å². The second-order valence-electron chi connectivity index (χ2n) is 6.19. The summed E-state index contributed by atoms with van der Waals surface area (Å²) in [6.07, 6.45) is 1.41. The fraction of sp³-hybridized carbons (Fsp3) is 0.333. The van der Waals surface area contributed by atoms with E-state index in [-0.39, 0.29) is 23.1 Å². The number of para-hydroxylation sites is 1. The van der Waals surface area contributed by atoms with Gasteiger partial charge in [-0.15, -0.1) is 0 Å². The Kier molecular flexibility index (Phi) is 4.65. The molecule has 1 atom stereocenters. The molecule has 2 aromatic rings. The fourth-order valence-electron chi connectivity index (χ4n) is 2.99. The minimum absolute atomic E-state index is 0.0952. The third-order valence-electron chi connectivity index (χ3n) is 4.26. The third kappa shape index (κ3) is 3.31. The molecule has 130 valence electrons. The lowest BCUT2D eigenvalue weighted by atomic mass is 10.2. The van der Waals surface area contributed by atoms with Crippen LogP contribution in [-0.2, 0) is 4.79 Å². The molecule has 1 aromatic carbocycles. The van der Waals surface area contributed by atoms with Gasteiger partial charge >= 0.3 is 0 Å². The number of aromatic nitrogens is 2. The van der Waals surface area contributed by atoms with Crippen LogP contribution in [0.15, 0.2) is 47.3 Å². The molecule has 1 fully saturated rings. The Hall–Kier alpha value is -2.96. The zero-order valence-corrected chi connectivity index (χ0v) is 14.3. The molecule has 2 heterocycles. The summed E-state index contributed by atoms with van der Waals surface area (Å²) in [7, 11) is 3.36. The molecular weight excluding hydrogens is 320 g/mol. The molecule has 1 saturated heterocycles. The van der Waals surface area contributed by atoms with E-state index >= 15 is 0 Å². The minimum atomic E-state index is -0.471. The number of carbonyl (C=O) groups excluding carboxylic acids is 2. The first-order valence-corrected chi connectivity index (χ1v) is 8.17. The van der Waals surface area contributed by atoms with E-state index in [4.69, 9.17) is 0 Å². The molecule has 1 aliphatic rings. The Morgan fingerprint density at radius 2 is 1.84 bits per heavy atom. The van der Waals surface area contributed by atoms with Crippen LogP contribution in [0.25, 0.3) is 5.69 Å². The maximum atomic E-state index is 12.9. The van der Waals surface area contributed by atoms with E-state index < -0.39 is 6.04 Å². The number of hydrogen-bond acceptors (Lipinski definition) is 4. The van der Waals surface area contributed by atoms with Gasteiger partial charge in [-0.05, 0) is 31.0 Å². The van der Waals surface area contributed by atoms with Crippen molar-refractivity contribution >= 4 is 11.8 Å². The first-order chi connectivity index (χ1) is 12.0. The number of likely N-dealkylation sites (N-methyl/N-ethyl adjacent to an activating group) is 1. The second-order valence-corrected chi connectivity index (χ2v) is 6.19. The highest BCUT2D eigenvalue weighted by molar-refractivity contribution is 5.96. The smallest absolute Gasteiger partial charge is 0.274 e. The highest BCUT2D eigenvalue weighted by Crippen LogP contribution is 2.20. The Labute approximate surface area is 145 Å². The summed E-state index contributed by atoms with van der Waals surface area (Å²) in [5.41, 5.74) is 0.427. The van der Waals surface area contributed by atoms with Crippen molar-refractivity contribution in [3.63, 3.8) is 0 Å². The zero-order chi connectivity index (χ0) is 18.0. The topological polar surface area (TPSA) is 75.5 Å². The Balaban J connectivity index is 1.93. The van der Waals surface area contributed by atoms with Gasteiger partial charge in [0.05, 0.1) is 5.69 Å². The van der Waals surface area contributed by atoms with Crippen LogP contribution in [0.3, 0.4) is 0 Å². The Bertz CT molecular complexity index is 845. The summed E-state index contributed by atoms with van der Waals surface area (Å²) >= 11 is 0. The number of likely N-dealkylation sites (tertiary alicyclic amines) is 1. The molecule has 7 nitrogen and oxygen atoms in total. The fourth-order valence-corrected chi connectivity index (χ4v) is 2.99. The summed E-state index contributed by atoms with van der Waals surface area (Å²) in [6.45, 7) is 0.509. The lowest BCUT2D eigenvalue weighted by Gasteiger charge is -2.26. The predicted molar refractivity (Wildman–Crippen MR) is 92.6 cm³/mol. The lowest BCUT2D eigenvalue weighted by molar-refractivity contribution is -0.132. The van der Waals surface area contributed by atoms with Crippen molar-refractivity contribution in [2.75, 3.05) is 20.6 Å². The van der Waals surface area contributed by atoms with E-state index in [0.29, 0.717) is 18.7 Å². The molecule has 25 heavy (non-hydrogen) atoms. The van der Waals surface area contributed by atoms with Crippen LogP contribution < -0.4 is 5.56 Å². The molecule has 0 radical (unpaired) electrons. The van der Waals surface area contributed by atoms with Crippen LogP contribution in [0, 0.1) is 0 Å². The number of nitrogens with zero attached hydrogens (tertiary/aromatic N) is 4. The molecule has 0 N–H and O–H groups in total. The SMILES string of the molecule is CN(C)C(=O)C1CCCN1C(=O)c1ccc(=O)n(-c2ccccc2)n1. The average molecular weight is 340 g/mol. The van der Waals surface area contributed by atoms with Crippen molar-refractivity contribution < 1.29 is 9.59 Å². The minimum Gasteiger partial charge on any atom is -0.347 e. The number of rotatable bonds is 3. The van der Waals surface area contributed by atoms with E-state index in [1.807, 2.05) is 6.07 Å².